The van der Waals surface area contributed by atoms with Crippen molar-refractivity contribution in [1.29, 1.82) is 0 Å². The van der Waals surface area contributed by atoms with Gasteiger partial charge in [-0.15, -0.1) is 0 Å². The van der Waals surface area contributed by atoms with Crippen LogP contribution >= 0.6 is 35.7 Å². The molecule has 0 aromatic heterocycles. The predicted molar refractivity (Wildman–Crippen MR) is 94.1 cm³/mol. The predicted octanol–water partition coefficient (Wildman–Crippen LogP) is 2.48. The molecule has 11 heteroatoms. The van der Waals surface area contributed by atoms with Crippen LogP contribution in [-0.2, 0) is 28.4 Å². The van der Waals surface area contributed by atoms with Crippen LogP contribution in [0, 0.1) is 0 Å². The maximum absolute atomic E-state index is 5.33. The number of ether oxygens (including phenoxy) is 6. The van der Waals surface area contributed by atoms with Crippen molar-refractivity contribution in [2.75, 3.05) is 79.3 Å². The Morgan fingerprint density at radius 1 is 0.348 bits per heavy atom. The standard InChI is InChI=1S/C12H24O6.4ClH.Sn/c1-2-14-5-6-16-9-10-18-12-11-17-8-7-15-4-3-13-1;;;;;/h1-12H2;4*1H;/q;;;;;+4/p-4. The van der Waals surface area contributed by atoms with Crippen LogP contribution in [0.15, 0.2) is 0 Å². The molecule has 1 fully saturated rings. The summed E-state index contributed by atoms with van der Waals surface area (Å²) in [7, 11) is 20.1. The SMILES string of the molecule is C1COCCOCCOCCOCCOCCO1.[Cl][Sn]([Cl])([Cl])[Cl]. The van der Waals surface area contributed by atoms with Gasteiger partial charge in [0, 0.05) is 0 Å². The first kappa shape index (κ1) is 24.7. The summed E-state index contributed by atoms with van der Waals surface area (Å²) in [6.45, 7) is 7.04. The third-order valence-electron chi connectivity index (χ3n) is 2.23. The number of rotatable bonds is 0. The fourth-order valence-corrected chi connectivity index (χ4v) is 1.32. The maximum atomic E-state index is 5.33. The van der Waals surface area contributed by atoms with Gasteiger partial charge in [-0.1, -0.05) is 0 Å². The van der Waals surface area contributed by atoms with E-state index in [4.69, 9.17) is 64.1 Å². The van der Waals surface area contributed by atoms with Crippen LogP contribution in [0.25, 0.3) is 0 Å². The molecular weight excluding hydrogens is 501 g/mol. The summed E-state index contributed by atoms with van der Waals surface area (Å²) in [5.74, 6) is 0. The molecule has 1 saturated heterocycles. The molecule has 0 unspecified atom stereocenters. The zero-order valence-electron chi connectivity index (χ0n) is 12.9. The Hall–Kier alpha value is 1.72. The van der Waals surface area contributed by atoms with Crippen molar-refractivity contribution >= 4 is 49.6 Å². The Morgan fingerprint density at radius 2 is 0.435 bits per heavy atom. The van der Waals surface area contributed by atoms with Crippen LogP contribution in [-0.4, -0.2) is 93.2 Å². The molecular formula is C12H24Cl4O6Sn. The summed E-state index contributed by atoms with van der Waals surface area (Å²) < 4.78 is 32.0. The van der Waals surface area contributed by atoms with Crippen LogP contribution in [0.3, 0.4) is 0 Å². The van der Waals surface area contributed by atoms with Crippen molar-refractivity contribution < 1.29 is 28.4 Å². The average Bonchev–Trinajstić information content (AvgIpc) is 2.46. The number of halogens is 4. The van der Waals surface area contributed by atoms with E-state index in [0.717, 1.165) is 0 Å². The molecule has 0 aromatic rings. The van der Waals surface area contributed by atoms with Gasteiger partial charge in [0.2, 0.25) is 0 Å². The zero-order chi connectivity index (χ0) is 17.2. The molecule has 0 bridgehead atoms. The van der Waals surface area contributed by atoms with E-state index in [9.17, 15) is 0 Å². The Labute approximate surface area is 156 Å². The fourth-order valence-electron chi connectivity index (χ4n) is 1.32. The quantitative estimate of drug-likeness (QED) is 0.454. The van der Waals surface area contributed by atoms with Crippen LogP contribution < -0.4 is 0 Å². The summed E-state index contributed by atoms with van der Waals surface area (Å²) in [4.78, 5) is 0. The molecule has 1 rings (SSSR count). The molecule has 1 heterocycles. The van der Waals surface area contributed by atoms with Gasteiger partial charge in [-0.2, -0.15) is 0 Å². The van der Waals surface area contributed by atoms with Crippen molar-refractivity contribution in [3.63, 3.8) is 0 Å². The van der Waals surface area contributed by atoms with Gasteiger partial charge in [0.15, 0.2) is 0 Å². The first-order valence-corrected chi connectivity index (χ1v) is 21.7. The van der Waals surface area contributed by atoms with Gasteiger partial charge in [-0.05, 0) is 0 Å². The molecule has 0 atom stereocenters. The zero-order valence-corrected chi connectivity index (χ0v) is 18.8. The second kappa shape index (κ2) is 18.5. The fraction of sp³-hybridized carbons (Fsp3) is 1.00. The van der Waals surface area contributed by atoms with Gasteiger partial charge in [0.25, 0.3) is 0 Å². The monoisotopic (exact) mass is 524 g/mol. The van der Waals surface area contributed by atoms with Gasteiger partial charge in [0.05, 0.1) is 79.3 Å². The third-order valence-corrected chi connectivity index (χ3v) is 2.23. The Bertz CT molecular complexity index is 167. The molecule has 1 aliphatic heterocycles. The van der Waals surface area contributed by atoms with Gasteiger partial charge in [-0.25, -0.2) is 0 Å². The molecule has 140 valence electrons. The Morgan fingerprint density at radius 3 is 0.522 bits per heavy atom. The van der Waals surface area contributed by atoms with Gasteiger partial charge >= 0.3 is 49.6 Å². The van der Waals surface area contributed by atoms with Crippen LogP contribution in [0.4, 0.5) is 0 Å². The van der Waals surface area contributed by atoms with Crippen molar-refractivity contribution in [2.24, 2.45) is 0 Å². The second-order valence-electron chi connectivity index (χ2n) is 4.10. The molecule has 23 heavy (non-hydrogen) atoms. The Balaban J connectivity index is 0.000000841. The molecule has 0 N–H and O–H groups in total. The normalized spacial score (nSPS) is 21.4. The molecule has 0 aromatic carbocycles. The number of hydrogen-bond donors (Lipinski definition) is 0. The van der Waals surface area contributed by atoms with E-state index >= 15 is 0 Å². The second-order valence-corrected chi connectivity index (χ2v) is 29.5. The van der Waals surface area contributed by atoms with Crippen molar-refractivity contribution in [1.82, 2.24) is 0 Å². The average molecular weight is 525 g/mol. The topological polar surface area (TPSA) is 55.4 Å². The van der Waals surface area contributed by atoms with Gasteiger partial charge < -0.3 is 28.4 Å². The molecule has 6 nitrogen and oxygen atoms in total. The van der Waals surface area contributed by atoms with E-state index in [1.54, 1.807) is 0 Å². The van der Waals surface area contributed by atoms with Crippen LogP contribution in [0.2, 0.25) is 0 Å². The van der Waals surface area contributed by atoms with Gasteiger partial charge in [-0.3, -0.25) is 0 Å². The first-order chi connectivity index (χ1) is 11.0. The molecule has 1 aliphatic rings. The molecule has 0 saturated carbocycles. The summed E-state index contributed by atoms with van der Waals surface area (Å²) in [6, 6.07) is 0. The van der Waals surface area contributed by atoms with E-state index in [1.807, 2.05) is 0 Å². The molecule has 0 aliphatic carbocycles. The molecule has 0 radical (unpaired) electrons. The summed E-state index contributed by atoms with van der Waals surface area (Å²) >= 11 is -3.29. The summed E-state index contributed by atoms with van der Waals surface area (Å²) in [5, 5.41) is 0. The van der Waals surface area contributed by atoms with E-state index in [-0.39, 0.29) is 0 Å². The summed E-state index contributed by atoms with van der Waals surface area (Å²) in [5.41, 5.74) is 0. The van der Waals surface area contributed by atoms with E-state index in [1.165, 1.54) is 0 Å². The van der Waals surface area contributed by atoms with Crippen LogP contribution in [0.5, 0.6) is 0 Å². The van der Waals surface area contributed by atoms with E-state index in [2.05, 4.69) is 0 Å². The minimum atomic E-state index is -3.29. The van der Waals surface area contributed by atoms with E-state index < -0.39 is 13.9 Å². The minimum absolute atomic E-state index is 0.586. The third kappa shape index (κ3) is 28.8. The van der Waals surface area contributed by atoms with Crippen molar-refractivity contribution in [3.8, 4) is 0 Å². The molecule has 0 spiro atoms. The van der Waals surface area contributed by atoms with Crippen molar-refractivity contribution in [2.45, 2.75) is 0 Å². The van der Waals surface area contributed by atoms with Gasteiger partial charge in [0.1, 0.15) is 0 Å². The van der Waals surface area contributed by atoms with Crippen molar-refractivity contribution in [3.05, 3.63) is 0 Å². The number of hydrogen-bond acceptors (Lipinski definition) is 6. The van der Waals surface area contributed by atoms with E-state index in [0.29, 0.717) is 79.3 Å². The summed E-state index contributed by atoms with van der Waals surface area (Å²) in [6.07, 6.45) is 0. The Kier molecular flexibility index (Phi) is 19.9. The van der Waals surface area contributed by atoms with Crippen LogP contribution in [0.1, 0.15) is 0 Å². The first-order valence-electron chi connectivity index (χ1n) is 7.22. The molecule has 0 amide bonds.